The molecular weight excluding hydrogens is 274 g/mol. The van der Waals surface area contributed by atoms with Crippen LogP contribution in [0.1, 0.15) is 25.5 Å². The van der Waals surface area contributed by atoms with Gasteiger partial charge in [0.25, 0.3) is 10.0 Å². The number of thiazole rings is 1. The molecule has 0 bridgehead atoms. The molecule has 1 aromatic rings. The highest BCUT2D eigenvalue weighted by Gasteiger charge is 2.24. The van der Waals surface area contributed by atoms with Crippen LogP contribution in [-0.2, 0) is 14.8 Å². The van der Waals surface area contributed by atoms with Gasteiger partial charge in [-0.05, 0) is 13.3 Å². The molecule has 1 atom stereocenters. The predicted octanol–water partition coefficient (Wildman–Crippen LogP) is 1.13. The number of nitrogen functional groups attached to an aromatic ring is 1. The Morgan fingerprint density at radius 3 is 2.67 bits per heavy atom. The highest BCUT2D eigenvalue weighted by molar-refractivity contribution is 7.91. The van der Waals surface area contributed by atoms with Gasteiger partial charge in [-0.3, -0.25) is 0 Å². The lowest BCUT2D eigenvalue weighted by atomic mass is 10.2. The van der Waals surface area contributed by atoms with Crippen LogP contribution in [0.5, 0.6) is 0 Å². The number of ether oxygens (including phenoxy) is 1. The third-order valence-corrected chi connectivity index (χ3v) is 5.46. The van der Waals surface area contributed by atoms with Crippen LogP contribution >= 0.6 is 11.3 Å². The zero-order valence-corrected chi connectivity index (χ0v) is 12.4. The first kappa shape index (κ1) is 15.4. The van der Waals surface area contributed by atoms with Crippen molar-refractivity contribution in [1.82, 2.24) is 9.71 Å². The Morgan fingerprint density at radius 1 is 1.56 bits per heavy atom. The van der Waals surface area contributed by atoms with Crippen LogP contribution in [0.25, 0.3) is 0 Å². The number of sulfonamides is 1. The lowest BCUT2D eigenvalue weighted by molar-refractivity contribution is 0.171. The molecule has 0 radical (unpaired) electrons. The first-order valence-electron chi connectivity index (χ1n) is 5.64. The summed E-state index contributed by atoms with van der Waals surface area (Å²) in [4.78, 5) is 3.92. The van der Waals surface area contributed by atoms with E-state index in [0.29, 0.717) is 12.3 Å². The molecule has 0 fully saturated rings. The van der Waals surface area contributed by atoms with E-state index in [2.05, 4.69) is 9.71 Å². The summed E-state index contributed by atoms with van der Waals surface area (Å²) in [6, 6.07) is -0.229. The molecule has 0 saturated heterocycles. The fourth-order valence-corrected chi connectivity index (χ4v) is 4.22. The topological polar surface area (TPSA) is 94.3 Å². The third-order valence-electron chi connectivity index (χ3n) is 2.34. The predicted molar refractivity (Wildman–Crippen MR) is 72.2 cm³/mol. The van der Waals surface area contributed by atoms with Gasteiger partial charge in [-0.25, -0.2) is 18.1 Å². The molecule has 8 heteroatoms. The second-order valence-corrected chi connectivity index (χ2v) is 6.93. The summed E-state index contributed by atoms with van der Waals surface area (Å²) < 4.78 is 32.2. The molecule has 1 heterocycles. The van der Waals surface area contributed by atoms with E-state index in [1.165, 1.54) is 0 Å². The molecule has 1 unspecified atom stereocenters. The van der Waals surface area contributed by atoms with Crippen molar-refractivity contribution in [3.8, 4) is 0 Å². The van der Waals surface area contributed by atoms with Gasteiger partial charge < -0.3 is 10.5 Å². The maximum Gasteiger partial charge on any atom is 0.252 e. The van der Waals surface area contributed by atoms with Crippen molar-refractivity contribution in [1.29, 1.82) is 0 Å². The number of aromatic nitrogens is 1. The third kappa shape index (κ3) is 3.91. The van der Waals surface area contributed by atoms with Gasteiger partial charge in [0.1, 0.15) is 0 Å². The van der Waals surface area contributed by atoms with Gasteiger partial charge in [-0.15, -0.1) is 0 Å². The van der Waals surface area contributed by atoms with Crippen LogP contribution in [0.3, 0.4) is 0 Å². The van der Waals surface area contributed by atoms with Gasteiger partial charge in [0.2, 0.25) is 0 Å². The fraction of sp³-hybridized carbons (Fsp3) is 0.700. The highest BCUT2D eigenvalue weighted by Crippen LogP contribution is 2.25. The van der Waals surface area contributed by atoms with E-state index in [4.69, 9.17) is 10.5 Å². The molecular formula is C10H19N3O3S2. The Hall–Kier alpha value is -0.700. The molecule has 0 aliphatic heterocycles. The van der Waals surface area contributed by atoms with Gasteiger partial charge in [0.15, 0.2) is 9.34 Å². The van der Waals surface area contributed by atoms with Crippen LogP contribution in [-0.4, -0.2) is 33.2 Å². The van der Waals surface area contributed by atoms with E-state index < -0.39 is 10.0 Å². The molecule has 0 saturated carbocycles. The Kier molecular flexibility index (Phi) is 5.51. The largest absolute Gasteiger partial charge is 0.383 e. The summed E-state index contributed by atoms with van der Waals surface area (Å²) in [5, 5.41) is 0.256. The minimum absolute atomic E-state index is 0.178. The lowest BCUT2D eigenvalue weighted by Crippen LogP contribution is -2.37. The zero-order valence-electron chi connectivity index (χ0n) is 10.8. The Bertz CT molecular complexity index is 479. The van der Waals surface area contributed by atoms with Gasteiger partial charge in [0.05, 0.1) is 12.3 Å². The number of hydrogen-bond acceptors (Lipinski definition) is 6. The van der Waals surface area contributed by atoms with Crippen LogP contribution in [0.2, 0.25) is 0 Å². The number of hydrogen-bond donors (Lipinski definition) is 2. The number of aryl methyl sites for hydroxylation is 1. The average Bonchev–Trinajstić information content (AvgIpc) is 2.59. The van der Waals surface area contributed by atoms with Crippen molar-refractivity contribution < 1.29 is 13.2 Å². The van der Waals surface area contributed by atoms with Crippen molar-refractivity contribution in [2.75, 3.05) is 19.5 Å². The van der Waals surface area contributed by atoms with E-state index in [0.717, 1.165) is 24.2 Å². The maximum atomic E-state index is 12.2. The molecule has 18 heavy (non-hydrogen) atoms. The van der Waals surface area contributed by atoms with Crippen molar-refractivity contribution in [3.05, 3.63) is 5.69 Å². The van der Waals surface area contributed by atoms with Crippen LogP contribution in [0, 0.1) is 6.92 Å². The van der Waals surface area contributed by atoms with Crippen LogP contribution in [0.4, 0.5) is 5.13 Å². The summed E-state index contributed by atoms with van der Waals surface area (Å²) >= 11 is 0.975. The zero-order chi connectivity index (χ0) is 13.8. The van der Waals surface area contributed by atoms with Crippen LogP contribution < -0.4 is 10.5 Å². The molecule has 104 valence electrons. The SMILES string of the molecule is CCCC(COC)NS(=O)(=O)c1sc(N)nc1C. The standard InChI is InChI=1S/C10H19N3O3S2/c1-4-5-8(6-16-3)13-18(14,15)9-7(2)12-10(11)17-9/h8,13H,4-6H2,1-3H3,(H2,11,12). The number of nitrogens with one attached hydrogen (secondary N) is 1. The molecule has 6 nitrogen and oxygen atoms in total. The number of rotatable bonds is 7. The normalized spacial score (nSPS) is 13.7. The lowest BCUT2D eigenvalue weighted by Gasteiger charge is -2.16. The molecule has 0 aliphatic carbocycles. The van der Waals surface area contributed by atoms with E-state index in [1.54, 1.807) is 14.0 Å². The average molecular weight is 293 g/mol. The van der Waals surface area contributed by atoms with Crippen molar-refractivity contribution in [2.24, 2.45) is 0 Å². The number of methoxy groups -OCH3 is 1. The van der Waals surface area contributed by atoms with Crippen molar-refractivity contribution in [2.45, 2.75) is 36.9 Å². The smallest absolute Gasteiger partial charge is 0.252 e. The van der Waals surface area contributed by atoms with E-state index >= 15 is 0 Å². The maximum absolute atomic E-state index is 12.2. The molecule has 1 aromatic heterocycles. The molecule has 0 amide bonds. The van der Waals surface area contributed by atoms with E-state index in [1.807, 2.05) is 6.92 Å². The minimum Gasteiger partial charge on any atom is -0.383 e. The number of nitrogens with zero attached hydrogens (tertiary/aromatic N) is 1. The Balaban J connectivity index is 2.89. The molecule has 0 spiro atoms. The Labute approximate surface area is 112 Å². The summed E-state index contributed by atoms with van der Waals surface area (Å²) in [5.41, 5.74) is 5.94. The van der Waals surface area contributed by atoms with Crippen molar-refractivity contribution >= 4 is 26.5 Å². The van der Waals surface area contributed by atoms with Gasteiger partial charge >= 0.3 is 0 Å². The first-order valence-corrected chi connectivity index (χ1v) is 7.94. The quantitative estimate of drug-likeness (QED) is 0.786. The number of anilines is 1. The molecule has 0 aliphatic rings. The summed E-state index contributed by atoms with van der Waals surface area (Å²) in [6.45, 7) is 3.97. The first-order chi connectivity index (χ1) is 8.40. The highest BCUT2D eigenvalue weighted by atomic mass is 32.2. The monoisotopic (exact) mass is 293 g/mol. The van der Waals surface area contributed by atoms with Gasteiger partial charge in [0, 0.05) is 13.2 Å². The van der Waals surface area contributed by atoms with Crippen LogP contribution in [0.15, 0.2) is 4.21 Å². The Morgan fingerprint density at radius 2 is 2.22 bits per heavy atom. The van der Waals surface area contributed by atoms with E-state index in [9.17, 15) is 8.42 Å². The minimum atomic E-state index is -3.57. The molecule has 1 rings (SSSR count). The summed E-state index contributed by atoms with van der Waals surface area (Å²) in [7, 11) is -2.02. The summed E-state index contributed by atoms with van der Waals surface area (Å²) in [6.07, 6.45) is 1.60. The van der Waals surface area contributed by atoms with E-state index in [-0.39, 0.29) is 15.4 Å². The van der Waals surface area contributed by atoms with Gasteiger partial charge in [-0.2, -0.15) is 0 Å². The van der Waals surface area contributed by atoms with Gasteiger partial charge in [-0.1, -0.05) is 24.7 Å². The second kappa shape index (κ2) is 6.46. The fourth-order valence-electron chi connectivity index (χ4n) is 1.65. The summed E-state index contributed by atoms with van der Waals surface area (Å²) in [5.74, 6) is 0. The molecule has 3 N–H and O–H groups in total. The molecule has 0 aromatic carbocycles. The number of nitrogens with two attached hydrogens (primary N) is 1. The second-order valence-electron chi connectivity index (χ2n) is 3.99. The van der Waals surface area contributed by atoms with Crippen molar-refractivity contribution in [3.63, 3.8) is 0 Å².